The molecular weight excluding hydrogens is 440 g/mol. The second-order valence-electron chi connectivity index (χ2n) is 9.78. The molecule has 0 amide bonds. The van der Waals surface area contributed by atoms with E-state index >= 15 is 0 Å². The molecule has 35 heavy (non-hydrogen) atoms. The minimum Gasteiger partial charge on any atom is -0.353 e. The molecule has 2 fully saturated rings. The highest BCUT2D eigenvalue weighted by molar-refractivity contribution is 5.96. The predicted molar refractivity (Wildman–Crippen MR) is 136 cm³/mol. The first-order chi connectivity index (χ1) is 17.3. The number of Topliss-reactive ketones (excluding diaryl/α,β-unsaturated/α-hetero) is 1. The molecule has 1 aromatic carbocycles. The van der Waals surface area contributed by atoms with Gasteiger partial charge >= 0.3 is 0 Å². The van der Waals surface area contributed by atoms with Gasteiger partial charge in [-0.3, -0.25) is 4.79 Å². The zero-order valence-electron chi connectivity index (χ0n) is 20.5. The molecule has 3 heterocycles. The number of hydrogen-bond donors (Lipinski definition) is 1. The van der Waals surface area contributed by atoms with E-state index in [9.17, 15) is 4.79 Å². The lowest BCUT2D eigenvalue weighted by molar-refractivity contribution is -0.155. The highest BCUT2D eigenvalue weighted by atomic mass is 16.7. The number of nitrogens with zero attached hydrogens (tertiary/aromatic N) is 3. The van der Waals surface area contributed by atoms with E-state index in [2.05, 4.69) is 50.5 Å². The smallest absolute Gasteiger partial charge is 0.225 e. The van der Waals surface area contributed by atoms with Crippen LogP contribution in [-0.4, -0.2) is 61.4 Å². The Morgan fingerprint density at radius 2 is 1.94 bits per heavy atom. The van der Waals surface area contributed by atoms with Crippen LogP contribution in [0.25, 0.3) is 5.57 Å². The number of anilines is 1. The van der Waals surface area contributed by atoms with Crippen molar-refractivity contribution in [2.24, 2.45) is 5.92 Å². The van der Waals surface area contributed by atoms with Gasteiger partial charge in [-0.25, -0.2) is 9.97 Å². The number of hydrogen-bond acceptors (Lipinski definition) is 7. The van der Waals surface area contributed by atoms with Gasteiger partial charge in [0.2, 0.25) is 5.95 Å². The van der Waals surface area contributed by atoms with Crippen LogP contribution in [0.5, 0.6) is 0 Å². The van der Waals surface area contributed by atoms with Crippen molar-refractivity contribution in [3.63, 3.8) is 0 Å². The second-order valence-corrected chi connectivity index (χ2v) is 9.78. The quantitative estimate of drug-likeness (QED) is 0.410. The number of rotatable bonds is 10. The Labute approximate surface area is 207 Å². The number of fused-ring (bicyclic) bond motifs is 1. The Balaban J connectivity index is 0.999. The molecule has 1 aromatic heterocycles. The summed E-state index contributed by atoms with van der Waals surface area (Å²) in [5.74, 6) is 1.28. The van der Waals surface area contributed by atoms with Crippen molar-refractivity contribution in [3.8, 4) is 0 Å². The number of carbonyl (C=O) groups is 1. The van der Waals surface area contributed by atoms with E-state index in [1.807, 2.05) is 0 Å². The molecule has 186 valence electrons. The number of allylic oxidation sites excluding steroid dienone is 1. The van der Waals surface area contributed by atoms with Crippen molar-refractivity contribution in [3.05, 3.63) is 59.4 Å². The van der Waals surface area contributed by atoms with Gasteiger partial charge < -0.3 is 19.7 Å². The Morgan fingerprint density at radius 1 is 1.11 bits per heavy atom. The predicted octanol–water partition coefficient (Wildman–Crippen LogP) is 4.04. The lowest BCUT2D eigenvalue weighted by Crippen LogP contribution is -2.38. The lowest BCUT2D eigenvalue weighted by atomic mass is 9.97. The van der Waals surface area contributed by atoms with Crippen molar-refractivity contribution < 1.29 is 14.3 Å². The van der Waals surface area contributed by atoms with Crippen molar-refractivity contribution in [1.29, 1.82) is 0 Å². The first-order valence-electron chi connectivity index (χ1n) is 13.1. The van der Waals surface area contributed by atoms with Gasteiger partial charge in [0.25, 0.3) is 0 Å². The number of ketones is 1. The molecule has 7 heteroatoms. The standard InChI is InChI=1S/C28H36N4O3/c33-26(20-35-27-7-3-4-16-34-27)24-18-30-28(31-19-24)32-14-11-21(12-15-32)17-29-13-10-23-9-8-22-5-1-2-6-25(22)23/h1-2,5-6,9,18-19,21,27,29H,3-4,7-8,10-17,20H2. The van der Waals surface area contributed by atoms with E-state index < -0.39 is 0 Å². The summed E-state index contributed by atoms with van der Waals surface area (Å²) in [4.78, 5) is 23.6. The van der Waals surface area contributed by atoms with Crippen LogP contribution in [0.15, 0.2) is 42.7 Å². The molecule has 0 saturated carbocycles. The molecule has 3 aliphatic rings. The first kappa shape index (κ1) is 24.1. The van der Waals surface area contributed by atoms with Crippen molar-refractivity contribution in [2.75, 3.05) is 44.3 Å². The summed E-state index contributed by atoms with van der Waals surface area (Å²) >= 11 is 0. The summed E-state index contributed by atoms with van der Waals surface area (Å²) in [5, 5.41) is 3.67. The van der Waals surface area contributed by atoms with Crippen molar-refractivity contribution in [2.45, 2.75) is 51.2 Å². The van der Waals surface area contributed by atoms with E-state index in [1.165, 1.54) is 16.7 Å². The molecule has 1 atom stereocenters. The fourth-order valence-electron chi connectivity index (χ4n) is 5.18. The normalized spacial score (nSPS) is 20.5. The SMILES string of the molecule is O=C(COC1CCCCO1)c1cnc(N2CCC(CNCCC3=CCc4ccccc43)CC2)nc1. The summed E-state index contributed by atoms with van der Waals surface area (Å²) in [6, 6.07) is 8.74. The van der Waals surface area contributed by atoms with Gasteiger partial charge in [-0.2, -0.15) is 0 Å². The summed E-state index contributed by atoms with van der Waals surface area (Å²) in [6.45, 7) is 4.68. The largest absolute Gasteiger partial charge is 0.353 e. The van der Waals surface area contributed by atoms with Gasteiger partial charge in [0.15, 0.2) is 12.1 Å². The molecular formula is C28H36N4O3. The molecule has 5 rings (SSSR count). The number of benzene rings is 1. The third-order valence-electron chi connectivity index (χ3n) is 7.33. The lowest BCUT2D eigenvalue weighted by Gasteiger charge is -2.32. The zero-order chi connectivity index (χ0) is 23.9. The van der Waals surface area contributed by atoms with E-state index in [1.54, 1.807) is 12.4 Å². The average Bonchev–Trinajstić information content (AvgIpc) is 3.34. The van der Waals surface area contributed by atoms with Crippen LogP contribution in [0.4, 0.5) is 5.95 Å². The van der Waals surface area contributed by atoms with Crippen LogP contribution in [0.3, 0.4) is 0 Å². The highest BCUT2D eigenvalue weighted by Crippen LogP contribution is 2.29. The van der Waals surface area contributed by atoms with Gasteiger partial charge in [0, 0.05) is 32.1 Å². The minimum absolute atomic E-state index is 0.00949. The van der Waals surface area contributed by atoms with Crippen LogP contribution in [0.1, 0.15) is 60.0 Å². The molecule has 2 saturated heterocycles. The molecule has 0 radical (unpaired) electrons. The van der Waals surface area contributed by atoms with Crippen LogP contribution < -0.4 is 10.2 Å². The van der Waals surface area contributed by atoms with Crippen LogP contribution in [0.2, 0.25) is 0 Å². The Kier molecular flexibility index (Phi) is 8.18. The van der Waals surface area contributed by atoms with E-state index in [0.717, 1.165) is 71.1 Å². The zero-order valence-corrected chi connectivity index (χ0v) is 20.5. The molecule has 2 aromatic rings. The van der Waals surface area contributed by atoms with Crippen LogP contribution in [0, 0.1) is 5.92 Å². The molecule has 7 nitrogen and oxygen atoms in total. The summed E-state index contributed by atoms with van der Waals surface area (Å²) in [7, 11) is 0. The topological polar surface area (TPSA) is 76.6 Å². The Hall–Kier alpha value is -2.61. The maximum absolute atomic E-state index is 12.4. The number of aromatic nitrogens is 2. The fourth-order valence-corrected chi connectivity index (χ4v) is 5.18. The first-order valence-corrected chi connectivity index (χ1v) is 13.1. The summed E-state index contributed by atoms with van der Waals surface area (Å²) in [5.41, 5.74) is 4.86. The van der Waals surface area contributed by atoms with Gasteiger partial charge in [-0.05, 0) is 80.7 Å². The number of nitrogens with one attached hydrogen (secondary N) is 1. The van der Waals surface area contributed by atoms with Crippen LogP contribution in [-0.2, 0) is 15.9 Å². The third-order valence-corrected chi connectivity index (χ3v) is 7.33. The third kappa shape index (κ3) is 6.34. The van der Waals surface area contributed by atoms with Gasteiger partial charge in [-0.15, -0.1) is 0 Å². The number of ether oxygens (including phenoxy) is 2. The Bertz CT molecular complexity index is 1010. The average molecular weight is 477 g/mol. The minimum atomic E-state index is -0.264. The van der Waals surface area contributed by atoms with E-state index in [-0.39, 0.29) is 18.7 Å². The summed E-state index contributed by atoms with van der Waals surface area (Å²) in [6.07, 6.45) is 12.8. The summed E-state index contributed by atoms with van der Waals surface area (Å²) < 4.78 is 11.1. The molecule has 1 N–H and O–H groups in total. The van der Waals surface area contributed by atoms with Crippen molar-refractivity contribution >= 4 is 17.3 Å². The second kappa shape index (κ2) is 11.9. The fraction of sp³-hybridized carbons (Fsp3) is 0.536. The van der Waals surface area contributed by atoms with Gasteiger partial charge in [0.05, 0.1) is 5.56 Å². The van der Waals surface area contributed by atoms with E-state index in [4.69, 9.17) is 9.47 Å². The highest BCUT2D eigenvalue weighted by Gasteiger charge is 2.22. The monoisotopic (exact) mass is 476 g/mol. The number of piperidine rings is 1. The molecule has 1 aliphatic carbocycles. The molecule has 0 spiro atoms. The van der Waals surface area contributed by atoms with Crippen molar-refractivity contribution in [1.82, 2.24) is 15.3 Å². The van der Waals surface area contributed by atoms with E-state index in [0.29, 0.717) is 24.0 Å². The van der Waals surface area contributed by atoms with Crippen LogP contribution >= 0.6 is 0 Å². The van der Waals surface area contributed by atoms with Gasteiger partial charge in [-0.1, -0.05) is 30.3 Å². The number of carbonyl (C=O) groups excluding carboxylic acids is 1. The Morgan fingerprint density at radius 3 is 2.74 bits per heavy atom. The maximum atomic E-state index is 12.4. The molecule has 1 unspecified atom stereocenters. The van der Waals surface area contributed by atoms with Gasteiger partial charge in [0.1, 0.15) is 6.61 Å². The molecule has 0 bridgehead atoms. The maximum Gasteiger partial charge on any atom is 0.225 e. The molecule has 2 aliphatic heterocycles.